The maximum absolute atomic E-state index is 14.5. The molecule has 1 amide bonds. The summed E-state index contributed by atoms with van der Waals surface area (Å²) in [7, 11) is 0. The van der Waals surface area contributed by atoms with Gasteiger partial charge >= 0.3 is 0 Å². The lowest BCUT2D eigenvalue weighted by Gasteiger charge is -2.37. The van der Waals surface area contributed by atoms with Crippen LogP contribution in [0.4, 0.5) is 11.4 Å². The lowest BCUT2D eigenvalue weighted by molar-refractivity contribution is -0.121. The Morgan fingerprint density at radius 2 is 1.59 bits per heavy atom. The lowest BCUT2D eigenvalue weighted by Crippen LogP contribution is -2.51. The third kappa shape index (κ3) is 2.93. The minimum Gasteiger partial charge on any atom is -0.352 e. The summed E-state index contributed by atoms with van der Waals surface area (Å²) in [5, 5.41) is 4.92. The molecule has 6 heteroatoms. The molecule has 1 fully saturated rings. The van der Waals surface area contributed by atoms with Crippen molar-refractivity contribution in [1.29, 1.82) is 0 Å². The van der Waals surface area contributed by atoms with Gasteiger partial charge < -0.3 is 10.2 Å². The van der Waals surface area contributed by atoms with Gasteiger partial charge in [-0.3, -0.25) is 14.4 Å². The number of benzene rings is 3. The molecule has 0 saturated carbocycles. The van der Waals surface area contributed by atoms with Gasteiger partial charge in [0.15, 0.2) is 11.6 Å². The van der Waals surface area contributed by atoms with Gasteiger partial charge in [0.1, 0.15) is 11.5 Å². The van der Waals surface area contributed by atoms with Crippen molar-refractivity contribution in [3.05, 3.63) is 124 Å². The fraction of sp³-hybridized carbons (Fsp3) is 0.129. The number of para-hydroxylation sites is 2. The molecule has 4 heterocycles. The smallest absolute Gasteiger partial charge is 0.238 e. The molecule has 0 bridgehead atoms. The molecule has 7 rings (SSSR count). The first kappa shape index (κ1) is 21.9. The molecule has 1 aromatic heterocycles. The van der Waals surface area contributed by atoms with Crippen molar-refractivity contribution in [3.8, 4) is 0 Å². The van der Waals surface area contributed by atoms with Crippen LogP contribution in [0.3, 0.4) is 0 Å². The fourth-order valence-corrected chi connectivity index (χ4v) is 7.16. The summed E-state index contributed by atoms with van der Waals surface area (Å²) in [5.41, 5.74) is 2.47. The van der Waals surface area contributed by atoms with Gasteiger partial charge in [-0.1, -0.05) is 84.9 Å². The summed E-state index contributed by atoms with van der Waals surface area (Å²) in [5.74, 6) is -1.53. The molecule has 0 unspecified atom stereocenters. The van der Waals surface area contributed by atoms with E-state index in [1.807, 2.05) is 95.2 Å². The Labute approximate surface area is 218 Å². The van der Waals surface area contributed by atoms with Gasteiger partial charge in [0.2, 0.25) is 5.91 Å². The van der Waals surface area contributed by atoms with E-state index in [2.05, 4.69) is 5.32 Å². The van der Waals surface area contributed by atoms with Crippen LogP contribution in [0.15, 0.2) is 102 Å². The zero-order valence-electron chi connectivity index (χ0n) is 19.7. The predicted molar refractivity (Wildman–Crippen MR) is 145 cm³/mol. The third-order valence-corrected chi connectivity index (χ3v) is 8.80. The minimum atomic E-state index is -1.27. The van der Waals surface area contributed by atoms with Gasteiger partial charge in [-0.25, -0.2) is 0 Å². The number of carbonyl (C=O) groups is 3. The number of nitrogens with zero attached hydrogens (tertiary/aromatic N) is 1. The molecular formula is C31H22N2O3S. The zero-order chi connectivity index (χ0) is 25.1. The Morgan fingerprint density at radius 3 is 2.41 bits per heavy atom. The van der Waals surface area contributed by atoms with Crippen molar-refractivity contribution in [1.82, 2.24) is 0 Å². The van der Waals surface area contributed by atoms with E-state index in [4.69, 9.17) is 0 Å². The summed E-state index contributed by atoms with van der Waals surface area (Å²) in [6.07, 6.45) is 4.01. The van der Waals surface area contributed by atoms with Crippen molar-refractivity contribution in [2.75, 3.05) is 10.2 Å². The van der Waals surface area contributed by atoms with Gasteiger partial charge in [-0.15, -0.1) is 11.3 Å². The number of rotatable bonds is 4. The Balaban J connectivity index is 1.55. The van der Waals surface area contributed by atoms with Crippen LogP contribution in [-0.2, 0) is 10.2 Å². The number of Topliss-reactive ketones (excluding diaryl/α,β-unsaturated/α-hetero) is 2. The highest BCUT2D eigenvalue weighted by Crippen LogP contribution is 2.58. The fourth-order valence-electron chi connectivity index (χ4n) is 6.47. The van der Waals surface area contributed by atoms with Crippen LogP contribution < -0.4 is 10.2 Å². The SMILES string of the molecule is O=C(c1cccs1)[C@@H]1[C@H](C(=O)c2ccccc2)[C@]2(C(=O)Nc3ccccc32)[C@H]2C=Cc3ccccc3N12. The standard InChI is InChI=1S/C31H22N2O3S/c34-28(20-10-2-1-3-11-20)26-27(29(35)24-15-8-18-37-24)33-23-14-7-4-9-19(23)16-17-25(33)31(26)21-12-5-6-13-22(21)32-30(31)36/h1-18,25-27H,(H,32,36)/t25-,26-,27+,31-/m1/s1. The second-order valence-corrected chi connectivity index (χ2v) is 10.6. The van der Waals surface area contributed by atoms with E-state index in [-0.39, 0.29) is 17.5 Å². The van der Waals surface area contributed by atoms with E-state index in [1.54, 1.807) is 18.2 Å². The number of anilines is 2. The number of hydrogen-bond acceptors (Lipinski definition) is 5. The van der Waals surface area contributed by atoms with Crippen molar-refractivity contribution in [3.63, 3.8) is 0 Å². The highest BCUT2D eigenvalue weighted by molar-refractivity contribution is 7.12. The topological polar surface area (TPSA) is 66.5 Å². The van der Waals surface area contributed by atoms with Crippen LogP contribution in [0.5, 0.6) is 0 Å². The number of carbonyl (C=O) groups excluding carboxylic acids is 3. The molecule has 1 spiro atoms. The monoisotopic (exact) mass is 502 g/mol. The predicted octanol–water partition coefficient (Wildman–Crippen LogP) is 5.60. The van der Waals surface area contributed by atoms with Crippen LogP contribution in [0.25, 0.3) is 6.08 Å². The molecule has 37 heavy (non-hydrogen) atoms. The molecule has 0 radical (unpaired) electrons. The third-order valence-electron chi connectivity index (χ3n) is 7.92. The van der Waals surface area contributed by atoms with Crippen LogP contribution in [0, 0.1) is 5.92 Å². The number of fused-ring (bicyclic) bond motifs is 6. The maximum atomic E-state index is 14.5. The molecule has 5 nitrogen and oxygen atoms in total. The second kappa shape index (κ2) is 8.11. The van der Waals surface area contributed by atoms with E-state index < -0.39 is 23.4 Å². The molecule has 1 saturated heterocycles. The molecule has 3 aliphatic rings. The number of hydrogen-bond donors (Lipinski definition) is 1. The molecule has 3 aliphatic heterocycles. The van der Waals surface area contributed by atoms with Crippen molar-refractivity contribution in [2.24, 2.45) is 5.92 Å². The van der Waals surface area contributed by atoms with E-state index in [1.165, 1.54) is 11.3 Å². The summed E-state index contributed by atoms with van der Waals surface area (Å²) in [4.78, 5) is 45.7. The van der Waals surface area contributed by atoms with Gasteiger partial charge in [0.05, 0.1) is 16.8 Å². The van der Waals surface area contributed by atoms with Gasteiger partial charge in [0, 0.05) is 16.9 Å². The molecule has 3 aromatic carbocycles. The van der Waals surface area contributed by atoms with Gasteiger partial charge in [0.25, 0.3) is 0 Å². The quantitative estimate of drug-likeness (QED) is 0.369. The Hall–Kier alpha value is -4.29. The van der Waals surface area contributed by atoms with E-state index in [0.717, 1.165) is 16.8 Å². The zero-order valence-corrected chi connectivity index (χ0v) is 20.5. The Morgan fingerprint density at radius 1 is 0.838 bits per heavy atom. The first-order valence-electron chi connectivity index (χ1n) is 12.3. The van der Waals surface area contributed by atoms with Crippen molar-refractivity contribution in [2.45, 2.75) is 17.5 Å². The highest BCUT2D eigenvalue weighted by Gasteiger charge is 2.70. The average molecular weight is 503 g/mol. The lowest BCUT2D eigenvalue weighted by atomic mass is 9.64. The van der Waals surface area contributed by atoms with E-state index in [9.17, 15) is 14.4 Å². The molecule has 1 N–H and O–H groups in total. The first-order valence-corrected chi connectivity index (χ1v) is 13.1. The summed E-state index contributed by atoms with van der Waals surface area (Å²) >= 11 is 1.36. The molecule has 4 aromatic rings. The number of thiophene rings is 1. The van der Waals surface area contributed by atoms with Crippen LogP contribution in [0.2, 0.25) is 0 Å². The molecule has 180 valence electrons. The molecular weight excluding hydrogens is 480 g/mol. The van der Waals surface area contributed by atoms with Crippen LogP contribution >= 0.6 is 11.3 Å². The summed E-state index contributed by atoms with van der Waals surface area (Å²) in [6.45, 7) is 0. The first-order chi connectivity index (χ1) is 18.1. The van der Waals surface area contributed by atoms with Crippen LogP contribution in [-0.4, -0.2) is 29.6 Å². The number of nitrogens with one attached hydrogen (secondary N) is 1. The van der Waals surface area contributed by atoms with Crippen molar-refractivity contribution >= 4 is 46.3 Å². The van der Waals surface area contributed by atoms with Crippen molar-refractivity contribution < 1.29 is 14.4 Å². The Kier molecular flexibility index (Phi) is 4.81. The second-order valence-electron chi connectivity index (χ2n) is 9.63. The Bertz CT molecular complexity index is 1590. The summed E-state index contributed by atoms with van der Waals surface area (Å²) in [6, 6.07) is 26.7. The summed E-state index contributed by atoms with van der Waals surface area (Å²) < 4.78 is 0. The highest BCUT2D eigenvalue weighted by atomic mass is 32.1. The van der Waals surface area contributed by atoms with Gasteiger partial charge in [-0.05, 0) is 34.7 Å². The number of amides is 1. The van der Waals surface area contributed by atoms with E-state index in [0.29, 0.717) is 16.1 Å². The largest absolute Gasteiger partial charge is 0.352 e. The average Bonchev–Trinajstić information content (AvgIpc) is 3.65. The van der Waals surface area contributed by atoms with Gasteiger partial charge in [-0.2, -0.15) is 0 Å². The van der Waals surface area contributed by atoms with Crippen LogP contribution in [0.1, 0.15) is 31.2 Å². The molecule has 0 aliphatic carbocycles. The maximum Gasteiger partial charge on any atom is 0.238 e. The molecule has 4 atom stereocenters. The minimum absolute atomic E-state index is 0.145. The van der Waals surface area contributed by atoms with E-state index >= 15 is 0 Å². The normalized spacial score (nSPS) is 24.9. The number of ketones is 2.